The third-order valence-corrected chi connectivity index (χ3v) is 4.36. The van der Waals surface area contributed by atoms with E-state index in [1.165, 1.54) is 0 Å². The Morgan fingerprint density at radius 2 is 2.15 bits per heavy atom. The van der Waals surface area contributed by atoms with Gasteiger partial charge in [-0.1, -0.05) is 11.6 Å². The van der Waals surface area contributed by atoms with E-state index in [-0.39, 0.29) is 6.04 Å². The van der Waals surface area contributed by atoms with Gasteiger partial charge in [0.15, 0.2) is 0 Å². The van der Waals surface area contributed by atoms with E-state index in [1.807, 2.05) is 35.1 Å². The summed E-state index contributed by atoms with van der Waals surface area (Å²) in [6.07, 6.45) is 2.73. The molecule has 0 fully saturated rings. The van der Waals surface area contributed by atoms with Crippen molar-refractivity contribution in [1.29, 1.82) is 0 Å². The number of nitrogens with zero attached hydrogens (tertiary/aromatic N) is 2. The lowest BCUT2D eigenvalue weighted by atomic mass is 10.0. The Labute approximate surface area is 137 Å². The normalized spacial score (nSPS) is 12.9. The van der Waals surface area contributed by atoms with Crippen LogP contribution in [0.5, 0.6) is 0 Å². The first-order chi connectivity index (χ1) is 9.51. The standard InChI is InChI=1S/C14H18ClIN4/c1-9(2)20-6-5-11(19-20)8-14(18-17)12-7-10(15)3-4-13(12)16/h3-7,9,14,18H,8,17H2,1-2H3. The molecule has 0 radical (unpaired) electrons. The molecule has 1 heterocycles. The fourth-order valence-corrected chi connectivity index (χ4v) is 2.92. The van der Waals surface area contributed by atoms with Gasteiger partial charge < -0.3 is 0 Å². The van der Waals surface area contributed by atoms with Crippen molar-refractivity contribution in [2.75, 3.05) is 0 Å². The lowest BCUT2D eigenvalue weighted by molar-refractivity contribution is 0.506. The van der Waals surface area contributed by atoms with Gasteiger partial charge in [-0.3, -0.25) is 16.0 Å². The molecule has 3 N–H and O–H groups in total. The number of nitrogens with one attached hydrogen (secondary N) is 1. The van der Waals surface area contributed by atoms with Gasteiger partial charge in [-0.25, -0.2) is 0 Å². The second kappa shape index (κ2) is 6.89. The predicted octanol–water partition coefficient (Wildman–Crippen LogP) is 3.47. The maximum absolute atomic E-state index is 6.07. The van der Waals surface area contributed by atoms with Gasteiger partial charge in [0.05, 0.1) is 11.7 Å². The summed E-state index contributed by atoms with van der Waals surface area (Å²) in [4.78, 5) is 0. The number of nitrogens with two attached hydrogens (primary N) is 1. The average Bonchev–Trinajstić information content (AvgIpc) is 2.88. The molecule has 0 aliphatic carbocycles. The van der Waals surface area contributed by atoms with E-state index in [2.05, 4.69) is 47.0 Å². The number of benzene rings is 1. The monoisotopic (exact) mass is 404 g/mol. The van der Waals surface area contributed by atoms with Crippen LogP contribution in [-0.4, -0.2) is 9.78 Å². The van der Waals surface area contributed by atoms with Crippen LogP contribution in [0.2, 0.25) is 5.02 Å². The lowest BCUT2D eigenvalue weighted by Crippen LogP contribution is -2.30. The molecule has 108 valence electrons. The highest BCUT2D eigenvalue weighted by atomic mass is 127. The summed E-state index contributed by atoms with van der Waals surface area (Å²) >= 11 is 8.37. The van der Waals surface area contributed by atoms with Crippen LogP contribution in [0.3, 0.4) is 0 Å². The van der Waals surface area contributed by atoms with Crippen LogP contribution in [0.25, 0.3) is 0 Å². The molecule has 1 aromatic heterocycles. The third-order valence-electron chi connectivity index (χ3n) is 3.14. The van der Waals surface area contributed by atoms with Gasteiger partial charge in [0.25, 0.3) is 0 Å². The van der Waals surface area contributed by atoms with Crippen molar-refractivity contribution in [3.63, 3.8) is 0 Å². The molecule has 20 heavy (non-hydrogen) atoms. The number of aromatic nitrogens is 2. The van der Waals surface area contributed by atoms with E-state index in [0.717, 1.165) is 21.2 Å². The van der Waals surface area contributed by atoms with Crippen molar-refractivity contribution >= 4 is 34.2 Å². The van der Waals surface area contributed by atoms with E-state index >= 15 is 0 Å². The van der Waals surface area contributed by atoms with Crippen molar-refractivity contribution in [2.45, 2.75) is 32.4 Å². The largest absolute Gasteiger partial charge is 0.271 e. The van der Waals surface area contributed by atoms with Crippen molar-refractivity contribution in [3.05, 3.63) is 50.3 Å². The van der Waals surface area contributed by atoms with E-state index in [4.69, 9.17) is 17.4 Å². The Morgan fingerprint density at radius 3 is 2.75 bits per heavy atom. The molecule has 0 amide bonds. The Balaban J connectivity index is 2.21. The fourth-order valence-electron chi connectivity index (χ4n) is 2.02. The zero-order valence-electron chi connectivity index (χ0n) is 11.5. The summed E-state index contributed by atoms with van der Waals surface area (Å²) in [5, 5.41) is 5.28. The highest BCUT2D eigenvalue weighted by molar-refractivity contribution is 14.1. The van der Waals surface area contributed by atoms with E-state index in [9.17, 15) is 0 Å². The lowest BCUT2D eigenvalue weighted by Gasteiger charge is -2.17. The minimum Gasteiger partial charge on any atom is -0.271 e. The quantitative estimate of drug-likeness (QED) is 0.456. The highest BCUT2D eigenvalue weighted by Crippen LogP contribution is 2.25. The van der Waals surface area contributed by atoms with Crippen LogP contribution >= 0.6 is 34.2 Å². The second-order valence-electron chi connectivity index (χ2n) is 4.97. The molecule has 0 aliphatic rings. The summed E-state index contributed by atoms with van der Waals surface area (Å²) in [5.41, 5.74) is 4.97. The summed E-state index contributed by atoms with van der Waals surface area (Å²) in [6.45, 7) is 4.21. The molecule has 0 saturated heterocycles. The molecule has 2 rings (SSSR count). The van der Waals surface area contributed by atoms with Gasteiger partial charge in [0, 0.05) is 27.3 Å². The zero-order chi connectivity index (χ0) is 14.7. The molecule has 1 atom stereocenters. The van der Waals surface area contributed by atoms with E-state index < -0.39 is 0 Å². The van der Waals surface area contributed by atoms with Crippen LogP contribution < -0.4 is 11.3 Å². The molecule has 6 heteroatoms. The zero-order valence-corrected chi connectivity index (χ0v) is 14.4. The fraction of sp³-hybridized carbons (Fsp3) is 0.357. The minimum atomic E-state index is -0.00360. The number of halogens is 2. The number of rotatable bonds is 5. The second-order valence-corrected chi connectivity index (χ2v) is 6.57. The average molecular weight is 405 g/mol. The number of hydrogen-bond acceptors (Lipinski definition) is 3. The van der Waals surface area contributed by atoms with Crippen LogP contribution in [-0.2, 0) is 6.42 Å². The first kappa shape index (κ1) is 15.8. The highest BCUT2D eigenvalue weighted by Gasteiger charge is 2.16. The molecular weight excluding hydrogens is 387 g/mol. The van der Waals surface area contributed by atoms with E-state index in [0.29, 0.717) is 11.1 Å². The first-order valence-corrected chi connectivity index (χ1v) is 7.92. The van der Waals surface area contributed by atoms with Crippen molar-refractivity contribution in [1.82, 2.24) is 15.2 Å². The van der Waals surface area contributed by atoms with Gasteiger partial charge in [-0.2, -0.15) is 5.10 Å². The predicted molar refractivity (Wildman–Crippen MR) is 90.5 cm³/mol. The van der Waals surface area contributed by atoms with Crippen molar-refractivity contribution in [3.8, 4) is 0 Å². The van der Waals surface area contributed by atoms with Crippen LogP contribution in [0.1, 0.15) is 37.2 Å². The minimum absolute atomic E-state index is 0.00360. The molecule has 0 bridgehead atoms. The maximum Gasteiger partial charge on any atom is 0.0644 e. The third kappa shape index (κ3) is 3.72. The molecule has 4 nitrogen and oxygen atoms in total. The van der Waals surface area contributed by atoms with Crippen molar-refractivity contribution in [2.24, 2.45) is 5.84 Å². The van der Waals surface area contributed by atoms with Crippen LogP contribution in [0.15, 0.2) is 30.5 Å². The van der Waals surface area contributed by atoms with Crippen LogP contribution in [0.4, 0.5) is 0 Å². The molecule has 0 saturated carbocycles. The van der Waals surface area contributed by atoms with Gasteiger partial charge in [-0.05, 0) is 66.3 Å². The van der Waals surface area contributed by atoms with Crippen molar-refractivity contribution < 1.29 is 0 Å². The molecule has 2 aromatic rings. The van der Waals surface area contributed by atoms with Gasteiger partial charge in [0.2, 0.25) is 0 Å². The SMILES string of the molecule is CC(C)n1ccc(CC(NN)c2cc(Cl)ccc2I)n1. The Hall–Kier alpha value is -0.630. The summed E-state index contributed by atoms with van der Waals surface area (Å²) in [7, 11) is 0. The van der Waals surface area contributed by atoms with Crippen LogP contribution in [0, 0.1) is 3.57 Å². The topological polar surface area (TPSA) is 55.9 Å². The summed E-state index contributed by atoms with van der Waals surface area (Å²) in [5.74, 6) is 5.71. The molecular formula is C14H18ClIN4. The Morgan fingerprint density at radius 1 is 1.40 bits per heavy atom. The molecule has 1 aromatic carbocycles. The Kier molecular flexibility index (Phi) is 5.42. The molecule has 1 unspecified atom stereocenters. The van der Waals surface area contributed by atoms with Gasteiger partial charge in [-0.15, -0.1) is 0 Å². The summed E-state index contributed by atoms with van der Waals surface area (Å²) < 4.78 is 3.09. The maximum atomic E-state index is 6.07. The molecule has 0 spiro atoms. The van der Waals surface area contributed by atoms with E-state index in [1.54, 1.807) is 0 Å². The number of hydrogen-bond donors (Lipinski definition) is 2. The first-order valence-electron chi connectivity index (χ1n) is 6.46. The number of hydrazine groups is 1. The summed E-state index contributed by atoms with van der Waals surface area (Å²) in [6, 6.07) is 8.22. The van der Waals surface area contributed by atoms with Gasteiger partial charge >= 0.3 is 0 Å². The Bertz CT molecular complexity index is 582. The van der Waals surface area contributed by atoms with Gasteiger partial charge in [0.1, 0.15) is 0 Å². The smallest absolute Gasteiger partial charge is 0.0644 e. The molecule has 0 aliphatic heterocycles.